The van der Waals surface area contributed by atoms with Gasteiger partial charge in [0.25, 0.3) is 5.91 Å². The molecule has 2 heterocycles. The van der Waals surface area contributed by atoms with Crippen LogP contribution in [0.2, 0.25) is 5.02 Å². The summed E-state index contributed by atoms with van der Waals surface area (Å²) in [4.78, 5) is 15.9. The van der Waals surface area contributed by atoms with Gasteiger partial charge in [0.15, 0.2) is 0 Å². The number of amides is 1. The van der Waals surface area contributed by atoms with E-state index >= 15 is 0 Å². The third kappa shape index (κ3) is 2.58. The van der Waals surface area contributed by atoms with Gasteiger partial charge in [0, 0.05) is 5.56 Å². The van der Waals surface area contributed by atoms with Crippen LogP contribution in [0.3, 0.4) is 0 Å². The highest BCUT2D eigenvalue weighted by Crippen LogP contribution is 2.22. The van der Waals surface area contributed by atoms with Gasteiger partial charge in [-0.25, -0.2) is 9.78 Å². The average Bonchev–Trinajstić information content (AvgIpc) is 3.12. The van der Waals surface area contributed by atoms with E-state index in [4.69, 9.17) is 11.6 Å². The van der Waals surface area contributed by atoms with Crippen LogP contribution >= 0.6 is 11.6 Å². The molecule has 0 bridgehead atoms. The number of carbonyl (C=O) groups is 1. The Bertz CT molecular complexity index is 807. The van der Waals surface area contributed by atoms with E-state index < -0.39 is 0 Å². The molecule has 0 aliphatic carbocycles. The van der Waals surface area contributed by atoms with E-state index in [2.05, 4.69) is 25.6 Å². The third-order valence-electron chi connectivity index (χ3n) is 3.22. The second-order valence-electron chi connectivity index (χ2n) is 4.73. The normalized spacial score (nSPS) is 10.7. The van der Waals surface area contributed by atoms with Crippen LogP contribution in [0.15, 0.2) is 30.6 Å². The molecule has 0 atom stereocenters. The summed E-state index contributed by atoms with van der Waals surface area (Å²) in [7, 11) is 0. The van der Waals surface area contributed by atoms with E-state index in [1.165, 1.54) is 6.33 Å². The van der Waals surface area contributed by atoms with Crippen LogP contribution in [-0.4, -0.2) is 30.9 Å². The largest absolute Gasteiger partial charge is 0.291 e. The lowest BCUT2D eigenvalue weighted by Gasteiger charge is -2.06. The second kappa shape index (κ2) is 5.61. The zero-order valence-corrected chi connectivity index (χ0v) is 12.7. The number of rotatable bonds is 3. The van der Waals surface area contributed by atoms with Crippen LogP contribution in [0.25, 0.3) is 5.69 Å². The molecule has 22 heavy (non-hydrogen) atoms. The summed E-state index contributed by atoms with van der Waals surface area (Å²) in [5, 5.41) is 13.9. The van der Waals surface area contributed by atoms with Gasteiger partial charge in [0.1, 0.15) is 6.33 Å². The zero-order chi connectivity index (χ0) is 15.7. The molecule has 0 saturated carbocycles. The maximum atomic E-state index is 12.0. The van der Waals surface area contributed by atoms with Crippen LogP contribution < -0.4 is 5.32 Å². The van der Waals surface area contributed by atoms with Gasteiger partial charge < -0.3 is 0 Å². The number of anilines is 1. The molecule has 7 nitrogen and oxygen atoms in total. The van der Waals surface area contributed by atoms with Crippen molar-refractivity contribution in [1.82, 2.24) is 25.0 Å². The molecule has 3 aromatic rings. The molecular formula is C14H13ClN6O. The summed E-state index contributed by atoms with van der Waals surface area (Å²) in [6.45, 7) is 3.75. The van der Waals surface area contributed by atoms with Crippen molar-refractivity contribution >= 4 is 23.5 Å². The number of hydrogen-bond acceptors (Lipinski definition) is 4. The van der Waals surface area contributed by atoms with Gasteiger partial charge >= 0.3 is 0 Å². The lowest BCUT2D eigenvalue weighted by Crippen LogP contribution is -2.13. The van der Waals surface area contributed by atoms with Gasteiger partial charge in [-0.1, -0.05) is 11.6 Å². The molecule has 0 aliphatic rings. The molecule has 0 spiro atoms. The van der Waals surface area contributed by atoms with E-state index in [9.17, 15) is 4.79 Å². The Morgan fingerprint density at radius 3 is 2.55 bits per heavy atom. The molecule has 3 rings (SSSR count). The van der Waals surface area contributed by atoms with Crippen LogP contribution in [-0.2, 0) is 0 Å². The van der Waals surface area contributed by atoms with Gasteiger partial charge in [0.2, 0.25) is 5.95 Å². The first kappa shape index (κ1) is 14.3. The molecule has 0 saturated heterocycles. The first-order valence-corrected chi connectivity index (χ1v) is 6.93. The molecule has 2 N–H and O–H groups in total. The predicted octanol–water partition coefficient (Wildman–Crippen LogP) is 2.51. The Balaban J connectivity index is 1.83. The molecule has 0 fully saturated rings. The SMILES string of the molecule is Cc1nn(-c2ccc(C(=O)Nc3ncn[nH]3)cc2)c(C)c1Cl. The number of carbonyl (C=O) groups excluding carboxylic acids is 1. The number of aromatic amines is 1. The minimum absolute atomic E-state index is 0.269. The molecular weight excluding hydrogens is 304 g/mol. The average molecular weight is 317 g/mol. The number of nitrogens with zero attached hydrogens (tertiary/aromatic N) is 4. The van der Waals surface area contributed by atoms with Gasteiger partial charge in [-0.3, -0.25) is 10.1 Å². The van der Waals surface area contributed by atoms with Crippen molar-refractivity contribution in [3.05, 3.63) is 52.6 Å². The zero-order valence-electron chi connectivity index (χ0n) is 12.0. The molecule has 2 aromatic heterocycles. The topological polar surface area (TPSA) is 88.5 Å². The maximum Gasteiger partial charge on any atom is 0.258 e. The Hall–Kier alpha value is -2.67. The summed E-state index contributed by atoms with van der Waals surface area (Å²) >= 11 is 6.15. The highest BCUT2D eigenvalue weighted by molar-refractivity contribution is 6.31. The van der Waals surface area contributed by atoms with Crippen molar-refractivity contribution in [3.8, 4) is 5.69 Å². The van der Waals surface area contributed by atoms with Crippen molar-refractivity contribution in [1.29, 1.82) is 0 Å². The summed E-state index contributed by atoms with van der Waals surface area (Å²) < 4.78 is 1.75. The number of H-pyrrole nitrogens is 1. The molecule has 1 aromatic carbocycles. The van der Waals surface area contributed by atoms with Crippen molar-refractivity contribution < 1.29 is 4.79 Å². The molecule has 8 heteroatoms. The van der Waals surface area contributed by atoms with Crippen LogP contribution in [0.1, 0.15) is 21.7 Å². The molecule has 112 valence electrons. The number of aryl methyl sites for hydroxylation is 1. The van der Waals surface area contributed by atoms with Crippen molar-refractivity contribution in [2.24, 2.45) is 0 Å². The summed E-state index contributed by atoms with van der Waals surface area (Å²) in [5.74, 6) is 0.0362. The lowest BCUT2D eigenvalue weighted by atomic mass is 10.2. The first-order chi connectivity index (χ1) is 10.6. The number of aromatic nitrogens is 5. The van der Waals surface area contributed by atoms with Gasteiger partial charge in [-0.05, 0) is 38.1 Å². The summed E-state index contributed by atoms with van der Waals surface area (Å²) in [6, 6.07) is 7.05. The molecule has 0 radical (unpaired) electrons. The second-order valence-corrected chi connectivity index (χ2v) is 5.11. The van der Waals surface area contributed by atoms with Gasteiger partial charge in [0.05, 0.1) is 22.1 Å². The predicted molar refractivity (Wildman–Crippen MR) is 82.4 cm³/mol. The Morgan fingerprint density at radius 2 is 2.00 bits per heavy atom. The smallest absolute Gasteiger partial charge is 0.258 e. The minimum atomic E-state index is -0.269. The highest BCUT2D eigenvalue weighted by Gasteiger charge is 2.12. The van der Waals surface area contributed by atoms with Crippen LogP contribution in [0, 0.1) is 13.8 Å². The molecule has 1 amide bonds. The van der Waals surface area contributed by atoms with Crippen molar-refractivity contribution in [2.45, 2.75) is 13.8 Å². The quantitative estimate of drug-likeness (QED) is 0.777. The summed E-state index contributed by atoms with van der Waals surface area (Å²) in [5.41, 5.74) is 2.97. The Labute approximate surface area is 131 Å². The Morgan fingerprint density at radius 1 is 1.27 bits per heavy atom. The number of halogens is 1. The van der Waals surface area contributed by atoms with E-state index in [0.29, 0.717) is 16.5 Å². The molecule has 0 unspecified atom stereocenters. The third-order valence-corrected chi connectivity index (χ3v) is 3.77. The van der Waals surface area contributed by atoms with Gasteiger partial charge in [-0.15, -0.1) is 0 Å². The fourth-order valence-corrected chi connectivity index (χ4v) is 2.19. The van der Waals surface area contributed by atoms with Crippen molar-refractivity contribution in [2.75, 3.05) is 5.32 Å². The number of hydrogen-bond donors (Lipinski definition) is 2. The first-order valence-electron chi connectivity index (χ1n) is 6.55. The van der Waals surface area contributed by atoms with E-state index in [1.54, 1.807) is 16.8 Å². The molecule has 0 aliphatic heterocycles. The number of nitrogens with one attached hydrogen (secondary N) is 2. The lowest BCUT2D eigenvalue weighted by molar-refractivity contribution is 0.102. The summed E-state index contributed by atoms with van der Waals surface area (Å²) in [6.07, 6.45) is 1.32. The van der Waals surface area contributed by atoms with Gasteiger partial charge in [-0.2, -0.15) is 15.2 Å². The van der Waals surface area contributed by atoms with Crippen LogP contribution in [0.5, 0.6) is 0 Å². The Kier molecular flexibility index (Phi) is 3.64. The maximum absolute atomic E-state index is 12.0. The fourth-order valence-electron chi connectivity index (χ4n) is 2.07. The van der Waals surface area contributed by atoms with Crippen molar-refractivity contribution in [3.63, 3.8) is 0 Å². The monoisotopic (exact) mass is 316 g/mol. The minimum Gasteiger partial charge on any atom is -0.291 e. The van der Waals surface area contributed by atoms with E-state index in [1.807, 2.05) is 26.0 Å². The number of benzene rings is 1. The van der Waals surface area contributed by atoms with E-state index in [0.717, 1.165) is 17.1 Å². The standard InChI is InChI=1S/C14H13ClN6O/c1-8-12(15)9(2)21(20-8)11-5-3-10(4-6-11)13(22)18-14-16-7-17-19-14/h3-7H,1-2H3,(H2,16,17,18,19,22). The van der Waals surface area contributed by atoms with E-state index in [-0.39, 0.29) is 5.91 Å². The van der Waals surface area contributed by atoms with Crippen LogP contribution in [0.4, 0.5) is 5.95 Å². The highest BCUT2D eigenvalue weighted by atomic mass is 35.5. The fraction of sp³-hybridized carbons (Fsp3) is 0.143.